The number of para-hydroxylation sites is 1. The Morgan fingerprint density at radius 1 is 1.09 bits per heavy atom. The lowest BCUT2D eigenvalue weighted by molar-refractivity contribution is -0.111. The number of rotatable bonds is 7. The van der Waals surface area contributed by atoms with Crippen molar-refractivity contribution in [3.8, 4) is 11.1 Å². The van der Waals surface area contributed by atoms with Crippen LogP contribution in [-0.2, 0) is 16.0 Å². The normalized spacial score (nSPS) is 15.2. The summed E-state index contributed by atoms with van der Waals surface area (Å²) in [7, 11) is 0. The molecule has 1 aromatic heterocycles. The Morgan fingerprint density at radius 2 is 1.94 bits per heavy atom. The summed E-state index contributed by atoms with van der Waals surface area (Å²) in [6.07, 6.45) is 5.26. The number of nitrogens with one attached hydrogen (secondary N) is 2. The highest BCUT2D eigenvalue weighted by molar-refractivity contribution is 6.00. The van der Waals surface area contributed by atoms with Crippen LogP contribution in [0.5, 0.6) is 0 Å². The van der Waals surface area contributed by atoms with Crippen molar-refractivity contribution in [3.05, 3.63) is 91.1 Å². The van der Waals surface area contributed by atoms with Gasteiger partial charge in [0.25, 0.3) is 0 Å². The lowest BCUT2D eigenvalue weighted by atomic mass is 9.99. The minimum Gasteiger partial charge on any atom is -0.381 e. The van der Waals surface area contributed by atoms with Crippen LogP contribution in [-0.4, -0.2) is 29.1 Å². The van der Waals surface area contributed by atoms with E-state index in [2.05, 4.69) is 46.5 Å². The van der Waals surface area contributed by atoms with Crippen LogP contribution in [0, 0.1) is 5.92 Å². The molecule has 1 amide bonds. The zero-order valence-electron chi connectivity index (χ0n) is 18.8. The number of hydrogen-bond acceptors (Lipinski definition) is 5. The van der Waals surface area contributed by atoms with E-state index >= 15 is 0 Å². The minimum atomic E-state index is -0.244. The molecule has 1 aliphatic heterocycles. The molecule has 1 saturated heterocycles. The van der Waals surface area contributed by atoms with Crippen molar-refractivity contribution < 1.29 is 9.53 Å². The predicted molar refractivity (Wildman–Crippen MR) is 136 cm³/mol. The maximum atomic E-state index is 11.7. The number of hydrogen-bond donors (Lipinski definition) is 2. The molecular weight excluding hydrogens is 424 g/mol. The standard InChI is InChI=1S/C28H26N4O2/c1-2-26(33)30-24-7-3-5-21(16-24)25-8-4-6-22-17-29-28(32-27(22)25)31-23-11-9-19(10-12-23)15-20-13-14-34-18-20/h2-12,16-17,20H,1,13-15,18H2,(H,30,33)(H,29,31,32)/t20-/m1/s1. The maximum Gasteiger partial charge on any atom is 0.247 e. The van der Waals surface area contributed by atoms with Crippen LogP contribution in [0.2, 0.25) is 0 Å². The van der Waals surface area contributed by atoms with Gasteiger partial charge in [-0.2, -0.15) is 0 Å². The van der Waals surface area contributed by atoms with E-state index in [1.54, 1.807) is 0 Å². The van der Waals surface area contributed by atoms with Crippen molar-refractivity contribution in [3.63, 3.8) is 0 Å². The summed E-state index contributed by atoms with van der Waals surface area (Å²) in [6, 6.07) is 22.1. The molecular formula is C28H26N4O2. The third kappa shape index (κ3) is 4.97. The first-order valence-corrected chi connectivity index (χ1v) is 11.4. The molecule has 170 valence electrons. The SMILES string of the molecule is C=CC(=O)Nc1cccc(-c2cccc3cnc(Nc4ccc(C[C@H]5CCOC5)cc4)nc23)c1. The van der Waals surface area contributed by atoms with E-state index in [-0.39, 0.29) is 5.91 Å². The van der Waals surface area contributed by atoms with Crippen molar-refractivity contribution in [2.45, 2.75) is 12.8 Å². The van der Waals surface area contributed by atoms with Crippen LogP contribution in [0.15, 0.2) is 85.6 Å². The molecule has 1 aliphatic rings. The zero-order chi connectivity index (χ0) is 23.3. The van der Waals surface area contributed by atoms with E-state index in [0.717, 1.165) is 53.8 Å². The number of nitrogens with zero attached hydrogens (tertiary/aromatic N) is 2. The number of benzene rings is 3. The largest absolute Gasteiger partial charge is 0.381 e. The molecule has 0 unspecified atom stereocenters. The van der Waals surface area contributed by atoms with Crippen molar-refractivity contribution in [2.24, 2.45) is 5.92 Å². The number of carbonyl (C=O) groups excluding carboxylic acids is 1. The molecule has 1 fully saturated rings. The molecule has 6 heteroatoms. The second-order valence-corrected chi connectivity index (χ2v) is 8.47. The Hall–Kier alpha value is -4.03. The highest BCUT2D eigenvalue weighted by Gasteiger charge is 2.16. The fourth-order valence-electron chi connectivity index (χ4n) is 4.24. The molecule has 3 aromatic carbocycles. The zero-order valence-corrected chi connectivity index (χ0v) is 18.8. The first-order valence-electron chi connectivity index (χ1n) is 11.4. The van der Waals surface area contributed by atoms with Gasteiger partial charge in [-0.25, -0.2) is 9.97 Å². The van der Waals surface area contributed by atoms with Gasteiger partial charge < -0.3 is 15.4 Å². The number of carbonyl (C=O) groups is 1. The number of anilines is 3. The van der Waals surface area contributed by atoms with Crippen LogP contribution < -0.4 is 10.6 Å². The Balaban J connectivity index is 1.39. The summed E-state index contributed by atoms with van der Waals surface area (Å²) < 4.78 is 5.49. The summed E-state index contributed by atoms with van der Waals surface area (Å²) in [5.74, 6) is 0.907. The van der Waals surface area contributed by atoms with Gasteiger partial charge in [-0.15, -0.1) is 0 Å². The smallest absolute Gasteiger partial charge is 0.247 e. The Bertz CT molecular complexity index is 1330. The molecule has 34 heavy (non-hydrogen) atoms. The molecule has 6 nitrogen and oxygen atoms in total. The lowest BCUT2D eigenvalue weighted by Crippen LogP contribution is -2.07. The van der Waals surface area contributed by atoms with Crippen LogP contribution in [0.1, 0.15) is 12.0 Å². The van der Waals surface area contributed by atoms with Gasteiger partial charge in [-0.1, -0.05) is 49.0 Å². The number of ether oxygens (including phenoxy) is 1. The number of aromatic nitrogens is 2. The van der Waals surface area contributed by atoms with E-state index in [1.807, 2.05) is 48.7 Å². The third-order valence-electron chi connectivity index (χ3n) is 6.00. The van der Waals surface area contributed by atoms with E-state index in [0.29, 0.717) is 17.6 Å². The molecule has 2 heterocycles. The van der Waals surface area contributed by atoms with Crippen LogP contribution in [0.3, 0.4) is 0 Å². The lowest BCUT2D eigenvalue weighted by Gasteiger charge is -2.11. The molecule has 4 aromatic rings. The van der Waals surface area contributed by atoms with E-state index in [4.69, 9.17) is 9.72 Å². The number of amides is 1. The first-order chi connectivity index (χ1) is 16.7. The molecule has 5 rings (SSSR count). The predicted octanol–water partition coefficient (Wildman–Crippen LogP) is 5.74. The van der Waals surface area contributed by atoms with Crippen LogP contribution in [0.4, 0.5) is 17.3 Å². The molecule has 0 spiro atoms. The Morgan fingerprint density at radius 3 is 2.74 bits per heavy atom. The molecule has 2 N–H and O–H groups in total. The topological polar surface area (TPSA) is 76.1 Å². The average Bonchev–Trinajstić information content (AvgIpc) is 3.38. The van der Waals surface area contributed by atoms with Gasteiger partial charge in [-0.05, 0) is 60.2 Å². The fraction of sp³-hybridized carbons (Fsp3) is 0.179. The summed E-state index contributed by atoms with van der Waals surface area (Å²) in [5, 5.41) is 7.08. The van der Waals surface area contributed by atoms with Gasteiger partial charge in [0.15, 0.2) is 0 Å². The van der Waals surface area contributed by atoms with E-state index < -0.39 is 0 Å². The van der Waals surface area contributed by atoms with Gasteiger partial charge in [0.05, 0.1) is 5.52 Å². The van der Waals surface area contributed by atoms with Gasteiger partial charge >= 0.3 is 0 Å². The molecule has 0 aliphatic carbocycles. The molecule has 0 saturated carbocycles. The van der Waals surface area contributed by atoms with E-state index in [1.165, 1.54) is 11.6 Å². The highest BCUT2D eigenvalue weighted by atomic mass is 16.5. The fourth-order valence-corrected chi connectivity index (χ4v) is 4.24. The summed E-state index contributed by atoms with van der Waals surface area (Å²) in [6.45, 7) is 5.24. The Labute approximate surface area is 198 Å². The second-order valence-electron chi connectivity index (χ2n) is 8.47. The monoisotopic (exact) mass is 450 g/mol. The van der Waals surface area contributed by atoms with Crippen molar-refractivity contribution in [1.82, 2.24) is 9.97 Å². The summed E-state index contributed by atoms with van der Waals surface area (Å²) in [4.78, 5) is 21.0. The van der Waals surface area contributed by atoms with Gasteiger partial charge in [0, 0.05) is 41.7 Å². The average molecular weight is 451 g/mol. The van der Waals surface area contributed by atoms with Crippen LogP contribution in [0.25, 0.3) is 22.0 Å². The van der Waals surface area contributed by atoms with Crippen molar-refractivity contribution in [2.75, 3.05) is 23.8 Å². The summed E-state index contributed by atoms with van der Waals surface area (Å²) >= 11 is 0. The van der Waals surface area contributed by atoms with Gasteiger partial charge in [-0.3, -0.25) is 4.79 Å². The van der Waals surface area contributed by atoms with Gasteiger partial charge in [0.2, 0.25) is 11.9 Å². The highest BCUT2D eigenvalue weighted by Crippen LogP contribution is 2.30. The van der Waals surface area contributed by atoms with Crippen molar-refractivity contribution in [1.29, 1.82) is 0 Å². The van der Waals surface area contributed by atoms with Crippen LogP contribution >= 0.6 is 0 Å². The molecule has 0 bridgehead atoms. The second kappa shape index (κ2) is 9.85. The quantitative estimate of drug-likeness (QED) is 0.351. The minimum absolute atomic E-state index is 0.244. The first kappa shape index (κ1) is 21.8. The third-order valence-corrected chi connectivity index (χ3v) is 6.00. The van der Waals surface area contributed by atoms with E-state index in [9.17, 15) is 4.79 Å². The van der Waals surface area contributed by atoms with Gasteiger partial charge in [0.1, 0.15) is 0 Å². The molecule has 1 atom stereocenters. The maximum absolute atomic E-state index is 11.7. The molecule has 0 radical (unpaired) electrons. The number of fused-ring (bicyclic) bond motifs is 1. The van der Waals surface area contributed by atoms with Crippen molar-refractivity contribution >= 4 is 34.1 Å². The summed E-state index contributed by atoms with van der Waals surface area (Å²) in [5.41, 5.74) is 5.72. The Kier molecular flexibility index (Phi) is 6.31.